The van der Waals surface area contributed by atoms with Gasteiger partial charge in [-0.25, -0.2) is 0 Å². The van der Waals surface area contributed by atoms with Gasteiger partial charge in [0.2, 0.25) is 5.91 Å². The number of hydrogen-bond acceptors (Lipinski definition) is 3. The molecule has 3 nitrogen and oxygen atoms in total. The van der Waals surface area contributed by atoms with Crippen molar-refractivity contribution in [3.05, 3.63) is 0 Å². The summed E-state index contributed by atoms with van der Waals surface area (Å²) in [7, 11) is 0. The fraction of sp³-hybridized carbons (Fsp3) is 0.941. The molecule has 120 valence electrons. The van der Waals surface area contributed by atoms with Crippen molar-refractivity contribution in [2.45, 2.75) is 64.2 Å². The highest BCUT2D eigenvalue weighted by atomic mass is 32.2. The Hall–Kier alpha value is -0.220. The monoisotopic (exact) mass is 310 g/mol. The normalized spacial score (nSPS) is 38.6. The Bertz CT molecular complexity index is 406. The van der Waals surface area contributed by atoms with Gasteiger partial charge < -0.3 is 10.6 Å². The molecule has 2 bridgehead atoms. The van der Waals surface area contributed by atoms with E-state index in [9.17, 15) is 4.79 Å². The van der Waals surface area contributed by atoms with Crippen LogP contribution in [0.15, 0.2) is 0 Å². The Morgan fingerprint density at radius 1 is 1.24 bits per heavy atom. The van der Waals surface area contributed by atoms with E-state index in [0.29, 0.717) is 27.9 Å². The molecule has 3 unspecified atom stereocenters. The zero-order valence-electron chi connectivity index (χ0n) is 13.7. The highest BCUT2D eigenvalue weighted by Crippen LogP contribution is 2.65. The molecule has 2 N–H and O–H groups in total. The van der Waals surface area contributed by atoms with Gasteiger partial charge in [-0.1, -0.05) is 20.8 Å². The van der Waals surface area contributed by atoms with E-state index in [2.05, 4.69) is 31.4 Å². The second-order valence-electron chi connectivity index (χ2n) is 7.99. The minimum absolute atomic E-state index is 0.258. The minimum Gasteiger partial charge on any atom is -0.352 e. The van der Waals surface area contributed by atoms with E-state index < -0.39 is 0 Å². The Kier molecular flexibility index (Phi) is 4.30. The highest BCUT2D eigenvalue weighted by Gasteiger charge is 2.61. The predicted molar refractivity (Wildman–Crippen MR) is 89.5 cm³/mol. The number of carbonyl (C=O) groups excluding carboxylic acids is 1. The summed E-state index contributed by atoms with van der Waals surface area (Å²) in [5.74, 6) is 1.69. The number of hydrogen-bond donors (Lipinski definition) is 2. The molecule has 1 heterocycles. The van der Waals surface area contributed by atoms with Crippen molar-refractivity contribution in [1.82, 2.24) is 10.6 Å². The molecule has 4 heteroatoms. The Morgan fingerprint density at radius 3 is 2.52 bits per heavy atom. The van der Waals surface area contributed by atoms with Gasteiger partial charge in [-0.15, -0.1) is 11.8 Å². The van der Waals surface area contributed by atoms with Crippen LogP contribution in [0.25, 0.3) is 0 Å². The molecule has 3 fully saturated rings. The van der Waals surface area contributed by atoms with Gasteiger partial charge in [0.1, 0.15) is 0 Å². The Labute approximate surface area is 133 Å². The number of thioether (sulfide) groups is 1. The van der Waals surface area contributed by atoms with Gasteiger partial charge in [0.15, 0.2) is 0 Å². The molecule has 2 saturated carbocycles. The maximum Gasteiger partial charge on any atom is 0.230 e. The summed E-state index contributed by atoms with van der Waals surface area (Å²) in [6.45, 7) is 9.41. The first-order chi connectivity index (χ1) is 9.93. The van der Waals surface area contributed by atoms with Crippen molar-refractivity contribution >= 4 is 17.7 Å². The van der Waals surface area contributed by atoms with Gasteiger partial charge in [0, 0.05) is 11.3 Å². The number of fused-ring (bicyclic) bond motifs is 2. The summed E-state index contributed by atoms with van der Waals surface area (Å²) in [6.07, 6.45) is 6.21. The quantitative estimate of drug-likeness (QED) is 0.839. The second-order valence-corrected chi connectivity index (χ2v) is 9.28. The zero-order chi connectivity index (χ0) is 15.1. The second kappa shape index (κ2) is 5.77. The third kappa shape index (κ3) is 2.74. The van der Waals surface area contributed by atoms with Gasteiger partial charge in [0.25, 0.3) is 0 Å². The van der Waals surface area contributed by atoms with Crippen LogP contribution in [0.2, 0.25) is 0 Å². The van der Waals surface area contributed by atoms with Crippen molar-refractivity contribution in [2.24, 2.45) is 16.7 Å². The SMILES string of the molecule is CC1(C)C2CCC1(C)C(NC(=O)CSC1CCNCC1)C2. The molecular formula is C17H30N2OS. The molecule has 3 rings (SSSR count). The lowest BCUT2D eigenvalue weighted by Gasteiger charge is -2.39. The van der Waals surface area contributed by atoms with Crippen molar-refractivity contribution in [1.29, 1.82) is 0 Å². The summed E-state index contributed by atoms with van der Waals surface area (Å²) in [5, 5.41) is 7.42. The number of nitrogens with one attached hydrogen (secondary N) is 2. The molecule has 21 heavy (non-hydrogen) atoms. The molecule has 0 radical (unpaired) electrons. The van der Waals surface area contributed by atoms with E-state index in [1.165, 1.54) is 32.1 Å². The Balaban J connectivity index is 1.49. The average molecular weight is 311 g/mol. The van der Waals surface area contributed by atoms with Crippen LogP contribution in [0.5, 0.6) is 0 Å². The van der Waals surface area contributed by atoms with Crippen LogP contribution >= 0.6 is 11.8 Å². The third-order valence-corrected chi connectivity index (χ3v) is 8.24. The molecule has 0 aromatic heterocycles. The Morgan fingerprint density at radius 2 is 1.95 bits per heavy atom. The van der Waals surface area contributed by atoms with Crippen LogP contribution in [0.4, 0.5) is 0 Å². The largest absolute Gasteiger partial charge is 0.352 e. The molecule has 1 aliphatic heterocycles. The molecule has 1 amide bonds. The number of carbonyl (C=O) groups is 1. The van der Waals surface area contributed by atoms with Crippen molar-refractivity contribution in [3.63, 3.8) is 0 Å². The molecule has 3 aliphatic rings. The summed E-state index contributed by atoms with van der Waals surface area (Å²) < 4.78 is 0. The van der Waals surface area contributed by atoms with Crippen LogP contribution in [-0.2, 0) is 4.79 Å². The molecular weight excluding hydrogens is 280 g/mol. The van der Waals surface area contributed by atoms with E-state index in [4.69, 9.17) is 0 Å². The molecule has 0 spiro atoms. The molecule has 2 aliphatic carbocycles. The summed E-state index contributed by atoms with van der Waals surface area (Å²) in [4.78, 5) is 12.3. The summed E-state index contributed by atoms with van der Waals surface area (Å²) in [5.41, 5.74) is 0.680. The summed E-state index contributed by atoms with van der Waals surface area (Å²) in [6, 6.07) is 0.396. The first kappa shape index (κ1) is 15.7. The van der Waals surface area contributed by atoms with Gasteiger partial charge in [-0.3, -0.25) is 4.79 Å². The van der Waals surface area contributed by atoms with E-state index in [1.807, 2.05) is 11.8 Å². The maximum atomic E-state index is 12.3. The average Bonchev–Trinajstić information content (AvgIpc) is 2.79. The zero-order valence-corrected chi connectivity index (χ0v) is 14.5. The van der Waals surface area contributed by atoms with E-state index in [1.54, 1.807) is 0 Å². The lowest BCUT2D eigenvalue weighted by Crippen LogP contribution is -2.47. The number of amides is 1. The topological polar surface area (TPSA) is 41.1 Å². The van der Waals surface area contributed by atoms with Crippen molar-refractivity contribution in [3.8, 4) is 0 Å². The molecule has 3 atom stereocenters. The van der Waals surface area contributed by atoms with Crippen LogP contribution in [0, 0.1) is 16.7 Å². The van der Waals surface area contributed by atoms with E-state index in [-0.39, 0.29) is 5.91 Å². The smallest absolute Gasteiger partial charge is 0.230 e. The van der Waals surface area contributed by atoms with Gasteiger partial charge >= 0.3 is 0 Å². The first-order valence-corrected chi connectivity index (χ1v) is 9.60. The van der Waals surface area contributed by atoms with E-state index in [0.717, 1.165) is 19.0 Å². The predicted octanol–water partition coefficient (Wildman–Crippen LogP) is 2.80. The van der Waals surface area contributed by atoms with Gasteiger partial charge in [0.05, 0.1) is 5.75 Å². The summed E-state index contributed by atoms with van der Waals surface area (Å²) >= 11 is 1.86. The van der Waals surface area contributed by atoms with E-state index >= 15 is 0 Å². The lowest BCUT2D eigenvalue weighted by atomic mass is 9.69. The fourth-order valence-corrected chi connectivity index (χ4v) is 5.85. The molecule has 1 saturated heterocycles. The first-order valence-electron chi connectivity index (χ1n) is 8.55. The van der Waals surface area contributed by atoms with Crippen LogP contribution in [0.3, 0.4) is 0 Å². The van der Waals surface area contributed by atoms with Gasteiger partial charge in [-0.05, 0) is 61.9 Å². The number of piperidine rings is 1. The minimum atomic E-state index is 0.258. The van der Waals surface area contributed by atoms with Gasteiger partial charge in [-0.2, -0.15) is 0 Å². The highest BCUT2D eigenvalue weighted by molar-refractivity contribution is 8.00. The fourth-order valence-electron chi connectivity index (χ4n) is 4.81. The maximum absolute atomic E-state index is 12.3. The van der Waals surface area contributed by atoms with Crippen molar-refractivity contribution < 1.29 is 4.79 Å². The van der Waals surface area contributed by atoms with Crippen LogP contribution in [0.1, 0.15) is 52.9 Å². The lowest BCUT2D eigenvalue weighted by molar-refractivity contribution is -0.120. The third-order valence-electron chi connectivity index (χ3n) is 6.87. The van der Waals surface area contributed by atoms with Crippen molar-refractivity contribution in [2.75, 3.05) is 18.8 Å². The standard InChI is InChI=1S/C17H30N2OS/c1-16(2)12-4-7-17(16,3)14(10-12)19-15(20)11-21-13-5-8-18-9-6-13/h12-14,18H,4-11H2,1-3H3,(H,19,20). The van der Waals surface area contributed by atoms with Crippen LogP contribution in [-0.4, -0.2) is 36.0 Å². The van der Waals surface area contributed by atoms with Crippen LogP contribution < -0.4 is 10.6 Å². The molecule has 0 aromatic rings. The number of rotatable bonds is 4. The molecule has 0 aromatic carbocycles.